The molecule has 1 N–H and O–H groups in total. The van der Waals surface area contributed by atoms with Crippen LogP contribution in [0, 0.1) is 24.0 Å². The van der Waals surface area contributed by atoms with Crippen molar-refractivity contribution in [3.63, 3.8) is 0 Å². The molecule has 2 aromatic rings. The quantitative estimate of drug-likeness (QED) is 0.647. The summed E-state index contributed by atoms with van der Waals surface area (Å²) in [6.07, 6.45) is 0. The molecule has 4 nitrogen and oxygen atoms in total. The predicted molar refractivity (Wildman–Crippen MR) is 69.7 cm³/mol. The molecule has 0 aromatic heterocycles. The second-order valence-corrected chi connectivity index (χ2v) is 4.26. The molecule has 0 bridgehead atoms. The number of benzene rings is 2. The van der Waals surface area contributed by atoms with Crippen molar-refractivity contribution in [1.82, 2.24) is 0 Å². The minimum atomic E-state index is -0.388. The van der Waals surface area contributed by atoms with Crippen LogP contribution in [0.1, 0.15) is 11.1 Å². The van der Waals surface area contributed by atoms with Crippen molar-refractivity contribution >= 4 is 5.69 Å². The Morgan fingerprint density at radius 3 is 2.06 bits per heavy atom. The fraction of sp³-hybridized carbons (Fsp3) is 0.143. The van der Waals surface area contributed by atoms with Crippen LogP contribution in [-0.4, -0.2) is 10.0 Å². The number of rotatable bonds is 2. The highest BCUT2D eigenvalue weighted by Gasteiger charge is 2.11. The van der Waals surface area contributed by atoms with Crippen molar-refractivity contribution in [2.24, 2.45) is 0 Å². The summed E-state index contributed by atoms with van der Waals surface area (Å²) in [6, 6.07) is 10.3. The van der Waals surface area contributed by atoms with Crippen molar-refractivity contribution in [2.75, 3.05) is 0 Å². The molecular formula is C14H13NO3. The maximum atomic E-state index is 10.7. The summed E-state index contributed by atoms with van der Waals surface area (Å²) in [5, 5.41) is 20.2. The fourth-order valence-corrected chi connectivity index (χ4v) is 1.87. The Balaban J connectivity index is 2.48. The van der Waals surface area contributed by atoms with Crippen LogP contribution in [-0.2, 0) is 0 Å². The average Bonchev–Trinajstić information content (AvgIpc) is 2.32. The SMILES string of the molecule is Cc1cc(-c2ccc([N+](=O)[O-])c(C)c2)ccc1O. The van der Waals surface area contributed by atoms with E-state index in [1.807, 2.05) is 13.0 Å². The van der Waals surface area contributed by atoms with Crippen LogP contribution in [0.2, 0.25) is 0 Å². The van der Waals surface area contributed by atoms with Gasteiger partial charge in [0.05, 0.1) is 4.92 Å². The zero-order valence-electron chi connectivity index (χ0n) is 10.2. The lowest BCUT2D eigenvalue weighted by Gasteiger charge is -2.06. The highest BCUT2D eigenvalue weighted by atomic mass is 16.6. The van der Waals surface area contributed by atoms with Gasteiger partial charge in [-0.2, -0.15) is 0 Å². The molecule has 0 radical (unpaired) electrons. The van der Waals surface area contributed by atoms with Crippen LogP contribution in [0.3, 0.4) is 0 Å². The van der Waals surface area contributed by atoms with Gasteiger partial charge in [-0.25, -0.2) is 0 Å². The van der Waals surface area contributed by atoms with Gasteiger partial charge >= 0.3 is 0 Å². The molecule has 2 rings (SSSR count). The van der Waals surface area contributed by atoms with E-state index in [4.69, 9.17) is 0 Å². The number of nitro benzene ring substituents is 1. The number of hydrogen-bond acceptors (Lipinski definition) is 3. The lowest BCUT2D eigenvalue weighted by Crippen LogP contribution is -1.91. The van der Waals surface area contributed by atoms with Crippen LogP contribution < -0.4 is 0 Å². The Morgan fingerprint density at radius 2 is 1.56 bits per heavy atom. The second-order valence-electron chi connectivity index (χ2n) is 4.26. The largest absolute Gasteiger partial charge is 0.508 e. The molecule has 0 unspecified atom stereocenters. The van der Waals surface area contributed by atoms with Gasteiger partial charge in [0.25, 0.3) is 5.69 Å². The van der Waals surface area contributed by atoms with Crippen LogP contribution >= 0.6 is 0 Å². The zero-order valence-corrected chi connectivity index (χ0v) is 10.2. The van der Waals surface area contributed by atoms with Crippen LogP contribution in [0.5, 0.6) is 5.75 Å². The van der Waals surface area contributed by atoms with Crippen molar-refractivity contribution < 1.29 is 10.0 Å². The molecule has 0 spiro atoms. The standard InChI is InChI=1S/C14H13NO3/c1-9-7-11(3-5-13(9)15(17)18)12-4-6-14(16)10(2)8-12/h3-8,16H,1-2H3. The molecule has 0 aliphatic carbocycles. The summed E-state index contributed by atoms with van der Waals surface area (Å²) in [6.45, 7) is 3.53. The van der Waals surface area contributed by atoms with Crippen molar-refractivity contribution in [1.29, 1.82) is 0 Å². The second kappa shape index (κ2) is 4.49. The summed E-state index contributed by atoms with van der Waals surface area (Å²) in [5.41, 5.74) is 3.37. The fourth-order valence-electron chi connectivity index (χ4n) is 1.87. The van der Waals surface area contributed by atoms with Gasteiger partial charge < -0.3 is 5.11 Å². The summed E-state index contributed by atoms with van der Waals surface area (Å²) in [5.74, 6) is 0.248. The van der Waals surface area contributed by atoms with Crippen molar-refractivity contribution in [3.05, 3.63) is 57.6 Å². The number of nitrogens with zero attached hydrogens (tertiary/aromatic N) is 1. The molecule has 4 heteroatoms. The van der Waals surface area contributed by atoms with Gasteiger partial charge in [0.1, 0.15) is 5.75 Å². The summed E-state index contributed by atoms with van der Waals surface area (Å²) in [4.78, 5) is 10.4. The Hall–Kier alpha value is -2.36. The Labute approximate surface area is 105 Å². The van der Waals surface area contributed by atoms with E-state index in [1.54, 1.807) is 31.2 Å². The minimum absolute atomic E-state index is 0.120. The molecule has 0 aliphatic heterocycles. The van der Waals surface area contributed by atoms with E-state index in [9.17, 15) is 15.2 Å². The van der Waals surface area contributed by atoms with E-state index in [2.05, 4.69) is 0 Å². The maximum absolute atomic E-state index is 10.7. The number of aryl methyl sites for hydroxylation is 2. The van der Waals surface area contributed by atoms with E-state index in [0.29, 0.717) is 5.56 Å². The number of aromatic hydroxyl groups is 1. The van der Waals surface area contributed by atoms with E-state index in [-0.39, 0.29) is 16.4 Å². The number of phenols is 1. The first-order chi connectivity index (χ1) is 8.49. The van der Waals surface area contributed by atoms with Crippen LogP contribution in [0.25, 0.3) is 11.1 Å². The molecule has 0 saturated heterocycles. The average molecular weight is 243 g/mol. The normalized spacial score (nSPS) is 10.3. The van der Waals surface area contributed by atoms with Gasteiger partial charge in [0, 0.05) is 11.6 Å². The number of hydrogen-bond donors (Lipinski definition) is 1. The van der Waals surface area contributed by atoms with Gasteiger partial charge in [-0.1, -0.05) is 6.07 Å². The Kier molecular flexibility index (Phi) is 3.02. The van der Waals surface area contributed by atoms with Gasteiger partial charge in [-0.05, 0) is 54.8 Å². The summed E-state index contributed by atoms with van der Waals surface area (Å²) in [7, 11) is 0. The van der Waals surface area contributed by atoms with E-state index in [1.165, 1.54) is 6.07 Å². The molecule has 0 atom stereocenters. The first kappa shape index (κ1) is 12.1. The smallest absolute Gasteiger partial charge is 0.272 e. The lowest BCUT2D eigenvalue weighted by atomic mass is 10.0. The predicted octanol–water partition coefficient (Wildman–Crippen LogP) is 3.58. The third kappa shape index (κ3) is 2.18. The van der Waals surface area contributed by atoms with E-state index in [0.717, 1.165) is 16.7 Å². The number of nitro groups is 1. The number of phenolic OH excluding ortho intramolecular Hbond substituents is 1. The Bertz CT molecular complexity index is 620. The zero-order chi connectivity index (χ0) is 13.3. The summed E-state index contributed by atoms with van der Waals surface area (Å²) < 4.78 is 0. The maximum Gasteiger partial charge on any atom is 0.272 e. The van der Waals surface area contributed by atoms with Crippen LogP contribution in [0.15, 0.2) is 36.4 Å². The third-order valence-electron chi connectivity index (χ3n) is 2.92. The minimum Gasteiger partial charge on any atom is -0.508 e. The van der Waals surface area contributed by atoms with Crippen molar-refractivity contribution in [3.8, 4) is 16.9 Å². The highest BCUT2D eigenvalue weighted by Crippen LogP contribution is 2.28. The monoisotopic (exact) mass is 243 g/mol. The van der Waals surface area contributed by atoms with Gasteiger partial charge in [-0.15, -0.1) is 0 Å². The van der Waals surface area contributed by atoms with Crippen molar-refractivity contribution in [2.45, 2.75) is 13.8 Å². The lowest BCUT2D eigenvalue weighted by molar-refractivity contribution is -0.385. The molecule has 0 aliphatic rings. The third-order valence-corrected chi connectivity index (χ3v) is 2.92. The molecular weight excluding hydrogens is 230 g/mol. The molecule has 0 saturated carbocycles. The molecule has 18 heavy (non-hydrogen) atoms. The molecule has 0 heterocycles. The molecule has 0 fully saturated rings. The topological polar surface area (TPSA) is 63.4 Å². The summed E-state index contributed by atoms with van der Waals surface area (Å²) >= 11 is 0. The highest BCUT2D eigenvalue weighted by molar-refractivity contribution is 5.68. The van der Waals surface area contributed by atoms with Gasteiger partial charge in [0.15, 0.2) is 0 Å². The van der Waals surface area contributed by atoms with Gasteiger partial charge in [-0.3, -0.25) is 10.1 Å². The van der Waals surface area contributed by atoms with E-state index >= 15 is 0 Å². The molecule has 0 amide bonds. The van der Waals surface area contributed by atoms with Crippen LogP contribution in [0.4, 0.5) is 5.69 Å². The molecule has 92 valence electrons. The Morgan fingerprint density at radius 1 is 1.00 bits per heavy atom. The van der Waals surface area contributed by atoms with Gasteiger partial charge in [0.2, 0.25) is 0 Å². The first-order valence-corrected chi connectivity index (χ1v) is 5.54. The first-order valence-electron chi connectivity index (χ1n) is 5.54. The van der Waals surface area contributed by atoms with E-state index < -0.39 is 0 Å². The molecule has 2 aromatic carbocycles.